The molecule has 1 saturated carbocycles. The van der Waals surface area contributed by atoms with Crippen LogP contribution in [0, 0.1) is 11.8 Å². The monoisotopic (exact) mass is 273 g/mol. The van der Waals surface area contributed by atoms with Gasteiger partial charge < -0.3 is 0 Å². The minimum absolute atomic E-state index is 0.274. The number of benzene rings is 1. The van der Waals surface area contributed by atoms with E-state index in [0.717, 1.165) is 23.4 Å². The average Bonchev–Trinajstić information content (AvgIpc) is 2.80. The summed E-state index contributed by atoms with van der Waals surface area (Å²) in [5.74, 6) is 1.37. The predicted molar refractivity (Wildman–Crippen MR) is 79.5 cm³/mol. The van der Waals surface area contributed by atoms with Crippen molar-refractivity contribution in [1.29, 1.82) is 0 Å². The number of Topliss-reactive ketones (excluding diaryl/α,β-unsaturated/α-hetero) is 1. The average molecular weight is 273 g/mol. The number of carbonyl (C=O) groups excluding carboxylic acids is 1. The summed E-state index contributed by atoms with van der Waals surface area (Å²) in [7, 11) is 0. The lowest BCUT2D eigenvalue weighted by Gasteiger charge is -2.25. The van der Waals surface area contributed by atoms with E-state index in [1.165, 1.54) is 17.5 Å². The fraction of sp³-hybridized carbons (Fsp3) is 0.500. The third kappa shape index (κ3) is 2.86. The molecule has 2 atom stereocenters. The van der Waals surface area contributed by atoms with Gasteiger partial charge in [-0.3, -0.25) is 4.79 Å². The first-order chi connectivity index (χ1) is 9.22. The number of carbonyl (C=O) groups is 1. The van der Waals surface area contributed by atoms with Crippen LogP contribution >= 0.6 is 11.3 Å². The zero-order chi connectivity index (χ0) is 13.2. The van der Waals surface area contributed by atoms with Crippen molar-refractivity contribution >= 4 is 27.3 Å². The van der Waals surface area contributed by atoms with Crippen LogP contribution in [0.2, 0.25) is 0 Å². The van der Waals surface area contributed by atoms with Crippen molar-refractivity contribution in [3.8, 4) is 0 Å². The highest BCUT2D eigenvalue weighted by molar-refractivity contribution is 7.18. The summed E-state index contributed by atoms with van der Waals surface area (Å²) in [4.78, 5) is 16.9. The molecule has 1 aromatic carbocycles. The van der Waals surface area contributed by atoms with Gasteiger partial charge in [-0.1, -0.05) is 31.9 Å². The van der Waals surface area contributed by atoms with Gasteiger partial charge in [0.25, 0.3) is 0 Å². The Balaban J connectivity index is 1.71. The van der Waals surface area contributed by atoms with Crippen molar-refractivity contribution in [2.75, 3.05) is 0 Å². The molecule has 1 aliphatic rings. The molecule has 100 valence electrons. The summed E-state index contributed by atoms with van der Waals surface area (Å²) < 4.78 is 1.18. The van der Waals surface area contributed by atoms with Crippen molar-refractivity contribution in [2.45, 2.75) is 39.0 Å². The Morgan fingerprint density at radius 2 is 2.21 bits per heavy atom. The lowest BCUT2D eigenvalue weighted by Crippen LogP contribution is -2.23. The maximum absolute atomic E-state index is 12.4. The summed E-state index contributed by atoms with van der Waals surface area (Å²) in [5, 5.41) is 0.976. The summed E-state index contributed by atoms with van der Waals surface area (Å²) in [6.45, 7) is 2.26. The Morgan fingerprint density at radius 1 is 1.37 bits per heavy atom. The molecule has 0 saturated heterocycles. The molecule has 1 aliphatic carbocycles. The number of rotatable bonds is 3. The normalized spacial score (nSPS) is 23.6. The van der Waals surface area contributed by atoms with Crippen LogP contribution in [-0.4, -0.2) is 10.8 Å². The van der Waals surface area contributed by atoms with Gasteiger partial charge in [-0.15, -0.1) is 11.3 Å². The number of hydrogen-bond acceptors (Lipinski definition) is 3. The zero-order valence-electron chi connectivity index (χ0n) is 11.3. The number of ketones is 1. The first-order valence-corrected chi connectivity index (χ1v) is 7.91. The summed E-state index contributed by atoms with van der Waals surface area (Å²) in [5.41, 5.74) is 1.02. The number of thiazole rings is 1. The second-order valence-corrected chi connectivity index (χ2v) is 6.80. The molecule has 0 N–H and O–H groups in total. The maximum Gasteiger partial charge on any atom is 0.142 e. The largest absolute Gasteiger partial charge is 0.299 e. The van der Waals surface area contributed by atoms with E-state index in [-0.39, 0.29) is 5.92 Å². The Kier molecular flexibility index (Phi) is 3.65. The van der Waals surface area contributed by atoms with Gasteiger partial charge in [0.05, 0.1) is 16.6 Å². The maximum atomic E-state index is 12.4. The van der Waals surface area contributed by atoms with E-state index < -0.39 is 0 Å². The van der Waals surface area contributed by atoms with Crippen molar-refractivity contribution in [2.24, 2.45) is 11.8 Å². The summed E-state index contributed by atoms with van der Waals surface area (Å²) in [6.07, 6.45) is 5.16. The van der Waals surface area contributed by atoms with Gasteiger partial charge >= 0.3 is 0 Å². The molecule has 0 amide bonds. The lowest BCUT2D eigenvalue weighted by atomic mass is 9.80. The highest BCUT2D eigenvalue weighted by Crippen LogP contribution is 2.30. The van der Waals surface area contributed by atoms with Crippen molar-refractivity contribution in [1.82, 2.24) is 4.98 Å². The molecule has 3 rings (SSSR count). The molecule has 0 spiro atoms. The molecule has 2 aromatic rings. The molecule has 2 nitrogen and oxygen atoms in total. The Bertz CT molecular complexity index is 556. The van der Waals surface area contributed by atoms with Crippen molar-refractivity contribution < 1.29 is 4.79 Å². The lowest BCUT2D eigenvalue weighted by molar-refractivity contribution is -0.123. The highest BCUT2D eigenvalue weighted by atomic mass is 32.1. The predicted octanol–water partition coefficient (Wildman–Crippen LogP) is 4.23. The molecule has 3 heteroatoms. The minimum atomic E-state index is 0.274. The topological polar surface area (TPSA) is 30.0 Å². The van der Waals surface area contributed by atoms with E-state index in [2.05, 4.69) is 18.0 Å². The Labute approximate surface area is 117 Å². The van der Waals surface area contributed by atoms with Gasteiger partial charge in [-0.2, -0.15) is 0 Å². The van der Waals surface area contributed by atoms with Crippen molar-refractivity contribution in [3.63, 3.8) is 0 Å². The standard InChI is InChI=1S/C16H19NOS/c1-11-5-4-6-12(9-11)14(18)10-16-17-13-7-2-3-8-15(13)19-16/h2-3,7-8,11-12H,4-6,9-10H2,1H3. The summed E-state index contributed by atoms with van der Waals surface area (Å²) in [6, 6.07) is 8.11. The highest BCUT2D eigenvalue weighted by Gasteiger charge is 2.25. The fourth-order valence-electron chi connectivity index (χ4n) is 3.02. The van der Waals surface area contributed by atoms with Crippen molar-refractivity contribution in [3.05, 3.63) is 29.3 Å². The van der Waals surface area contributed by atoms with Gasteiger partial charge in [0, 0.05) is 5.92 Å². The second-order valence-electron chi connectivity index (χ2n) is 5.69. The van der Waals surface area contributed by atoms with Crippen LogP contribution in [0.4, 0.5) is 0 Å². The molecule has 0 bridgehead atoms. The van der Waals surface area contributed by atoms with Crippen LogP contribution in [0.3, 0.4) is 0 Å². The summed E-state index contributed by atoms with van der Waals surface area (Å²) >= 11 is 1.66. The van der Waals surface area contributed by atoms with E-state index in [1.54, 1.807) is 11.3 Å². The van der Waals surface area contributed by atoms with E-state index >= 15 is 0 Å². The SMILES string of the molecule is CC1CCCC(C(=O)Cc2nc3ccccc3s2)C1. The molecule has 1 fully saturated rings. The van der Waals surface area contributed by atoms with Crippen LogP contribution in [0.5, 0.6) is 0 Å². The van der Waals surface area contributed by atoms with Crippen LogP contribution in [0.15, 0.2) is 24.3 Å². The number of nitrogens with zero attached hydrogens (tertiary/aromatic N) is 1. The van der Waals surface area contributed by atoms with Gasteiger partial charge in [0.1, 0.15) is 10.8 Å². The Morgan fingerprint density at radius 3 is 3.00 bits per heavy atom. The van der Waals surface area contributed by atoms with Crippen LogP contribution in [-0.2, 0) is 11.2 Å². The molecule has 2 unspecified atom stereocenters. The smallest absolute Gasteiger partial charge is 0.142 e. The quantitative estimate of drug-likeness (QED) is 0.837. The zero-order valence-corrected chi connectivity index (χ0v) is 12.1. The molecular weight excluding hydrogens is 254 g/mol. The molecule has 0 radical (unpaired) electrons. The molecule has 19 heavy (non-hydrogen) atoms. The first kappa shape index (κ1) is 12.8. The third-order valence-corrected chi connectivity index (χ3v) is 5.09. The molecule has 0 aliphatic heterocycles. The number of aromatic nitrogens is 1. The first-order valence-electron chi connectivity index (χ1n) is 7.09. The number of fused-ring (bicyclic) bond motifs is 1. The van der Waals surface area contributed by atoms with Gasteiger partial charge in [-0.25, -0.2) is 4.98 Å². The number of hydrogen-bond donors (Lipinski definition) is 0. The van der Waals surface area contributed by atoms with Crippen LogP contribution in [0.25, 0.3) is 10.2 Å². The molecular formula is C16H19NOS. The van der Waals surface area contributed by atoms with Crippen LogP contribution < -0.4 is 0 Å². The fourth-order valence-corrected chi connectivity index (χ4v) is 3.99. The minimum Gasteiger partial charge on any atom is -0.299 e. The van der Waals surface area contributed by atoms with E-state index in [0.29, 0.717) is 18.1 Å². The second kappa shape index (κ2) is 5.41. The third-order valence-electron chi connectivity index (χ3n) is 4.06. The Hall–Kier alpha value is -1.22. The van der Waals surface area contributed by atoms with E-state index in [9.17, 15) is 4.79 Å². The van der Waals surface area contributed by atoms with E-state index in [4.69, 9.17) is 0 Å². The van der Waals surface area contributed by atoms with E-state index in [1.807, 2.05) is 18.2 Å². The molecule has 1 aromatic heterocycles. The number of para-hydroxylation sites is 1. The van der Waals surface area contributed by atoms with Crippen LogP contribution in [0.1, 0.15) is 37.6 Å². The molecule has 1 heterocycles. The van der Waals surface area contributed by atoms with Gasteiger partial charge in [0.15, 0.2) is 0 Å². The van der Waals surface area contributed by atoms with Gasteiger partial charge in [-0.05, 0) is 30.9 Å². The van der Waals surface area contributed by atoms with Gasteiger partial charge in [0.2, 0.25) is 0 Å².